The molecule has 0 aliphatic rings. The van der Waals surface area contributed by atoms with Crippen molar-refractivity contribution in [3.05, 3.63) is 64.9 Å². The number of aromatic nitrogens is 2. The molecule has 0 aliphatic heterocycles. The molecule has 0 unspecified atom stereocenters. The lowest BCUT2D eigenvalue weighted by atomic mass is 10.0. The quantitative estimate of drug-likeness (QED) is 0.438. The van der Waals surface area contributed by atoms with E-state index in [4.69, 9.17) is 23.2 Å². The normalized spacial score (nSPS) is 11.4. The zero-order valence-corrected chi connectivity index (χ0v) is 13.4. The summed E-state index contributed by atoms with van der Waals surface area (Å²) in [5, 5.41) is 3.69. The number of halogens is 2. The van der Waals surface area contributed by atoms with Crippen molar-refractivity contribution in [3.8, 4) is 11.1 Å². The number of benzene rings is 2. The fourth-order valence-corrected chi connectivity index (χ4v) is 3.48. The average molecular weight is 327 g/mol. The van der Waals surface area contributed by atoms with E-state index in [-0.39, 0.29) is 0 Å². The number of hydrogen-bond donors (Lipinski definition) is 0. The van der Waals surface area contributed by atoms with Crippen molar-refractivity contribution in [2.45, 2.75) is 0 Å². The molecule has 22 heavy (non-hydrogen) atoms. The third kappa shape index (κ3) is 2.07. The van der Waals surface area contributed by atoms with Crippen molar-refractivity contribution in [1.29, 1.82) is 0 Å². The van der Waals surface area contributed by atoms with Crippen LogP contribution in [0.1, 0.15) is 0 Å². The zero-order chi connectivity index (χ0) is 15.3. The van der Waals surface area contributed by atoms with Gasteiger partial charge in [-0.1, -0.05) is 29.3 Å². The SMILES string of the molecule is Cn1c2ccc(-c3cc(Cl)cc(Cl)c3)cc2c2ccncc21. The van der Waals surface area contributed by atoms with Gasteiger partial charge in [-0.3, -0.25) is 4.98 Å². The number of rotatable bonds is 1. The van der Waals surface area contributed by atoms with E-state index in [2.05, 4.69) is 34.8 Å². The minimum absolute atomic E-state index is 0.643. The van der Waals surface area contributed by atoms with Gasteiger partial charge in [0.05, 0.1) is 11.7 Å². The van der Waals surface area contributed by atoms with Crippen LogP contribution in [0.25, 0.3) is 32.9 Å². The summed E-state index contributed by atoms with van der Waals surface area (Å²) in [6.45, 7) is 0. The maximum atomic E-state index is 6.12. The summed E-state index contributed by atoms with van der Waals surface area (Å²) in [6, 6.07) is 14.1. The Morgan fingerprint density at radius 2 is 1.59 bits per heavy atom. The molecule has 4 rings (SSSR count). The van der Waals surface area contributed by atoms with Gasteiger partial charge in [-0.15, -0.1) is 0 Å². The highest BCUT2D eigenvalue weighted by molar-refractivity contribution is 6.35. The molecule has 0 aliphatic carbocycles. The molecule has 2 nitrogen and oxygen atoms in total. The van der Waals surface area contributed by atoms with Crippen molar-refractivity contribution in [3.63, 3.8) is 0 Å². The van der Waals surface area contributed by atoms with Gasteiger partial charge in [0.15, 0.2) is 0 Å². The topological polar surface area (TPSA) is 17.8 Å². The molecule has 0 saturated carbocycles. The van der Waals surface area contributed by atoms with Crippen molar-refractivity contribution >= 4 is 45.0 Å². The molecular weight excluding hydrogens is 315 g/mol. The summed E-state index contributed by atoms with van der Waals surface area (Å²) < 4.78 is 2.16. The van der Waals surface area contributed by atoms with Gasteiger partial charge in [-0.2, -0.15) is 0 Å². The molecular formula is C18H12Cl2N2. The van der Waals surface area contributed by atoms with Crippen LogP contribution in [-0.2, 0) is 7.05 Å². The molecule has 0 N–H and O–H groups in total. The number of pyridine rings is 1. The highest BCUT2D eigenvalue weighted by Crippen LogP contribution is 2.33. The minimum atomic E-state index is 0.643. The summed E-state index contributed by atoms with van der Waals surface area (Å²) >= 11 is 12.2. The summed E-state index contributed by atoms with van der Waals surface area (Å²) in [5.74, 6) is 0. The standard InChI is InChI=1S/C18H12Cl2N2/c1-22-17-3-2-11(12-6-13(19)9-14(20)7-12)8-16(17)15-4-5-21-10-18(15)22/h2-10H,1H3. The maximum Gasteiger partial charge on any atom is 0.0675 e. The molecule has 0 amide bonds. The first-order valence-corrected chi connectivity index (χ1v) is 7.68. The van der Waals surface area contributed by atoms with Crippen LogP contribution in [-0.4, -0.2) is 9.55 Å². The van der Waals surface area contributed by atoms with Gasteiger partial charge in [0.1, 0.15) is 0 Å². The molecule has 0 saturated heterocycles. The van der Waals surface area contributed by atoms with Crippen molar-refractivity contribution < 1.29 is 0 Å². The highest BCUT2D eigenvalue weighted by Gasteiger charge is 2.10. The Bertz CT molecular complexity index is 998. The van der Waals surface area contributed by atoms with Crippen LogP contribution in [0.2, 0.25) is 10.0 Å². The predicted octanol–water partition coefficient (Wildman–Crippen LogP) is 5.70. The van der Waals surface area contributed by atoms with Gasteiger partial charge in [0.2, 0.25) is 0 Å². The van der Waals surface area contributed by atoms with E-state index in [0.717, 1.165) is 16.6 Å². The second kappa shape index (κ2) is 5.01. The Labute approximate surface area is 137 Å². The molecule has 4 aromatic rings. The minimum Gasteiger partial charge on any atom is -0.342 e. The van der Waals surface area contributed by atoms with Crippen LogP contribution in [0.3, 0.4) is 0 Å². The lowest BCUT2D eigenvalue weighted by Crippen LogP contribution is -1.86. The van der Waals surface area contributed by atoms with E-state index in [1.807, 2.05) is 30.6 Å². The van der Waals surface area contributed by atoms with Gasteiger partial charge in [-0.05, 0) is 47.5 Å². The molecule has 0 bridgehead atoms. The summed E-state index contributed by atoms with van der Waals surface area (Å²) in [6.07, 6.45) is 3.72. The highest BCUT2D eigenvalue weighted by atomic mass is 35.5. The van der Waals surface area contributed by atoms with Gasteiger partial charge in [0.25, 0.3) is 0 Å². The Hall–Kier alpha value is -2.03. The van der Waals surface area contributed by atoms with Gasteiger partial charge < -0.3 is 4.57 Å². The maximum absolute atomic E-state index is 6.12. The van der Waals surface area contributed by atoms with Gasteiger partial charge in [-0.25, -0.2) is 0 Å². The molecule has 0 atom stereocenters. The summed E-state index contributed by atoms with van der Waals surface area (Å²) in [5.41, 5.74) is 4.42. The molecule has 2 heterocycles. The molecule has 0 fully saturated rings. The fraction of sp³-hybridized carbons (Fsp3) is 0.0556. The third-order valence-electron chi connectivity index (χ3n) is 4.01. The smallest absolute Gasteiger partial charge is 0.0675 e. The predicted molar refractivity (Wildman–Crippen MR) is 93.7 cm³/mol. The fourth-order valence-electron chi connectivity index (χ4n) is 2.96. The van der Waals surface area contributed by atoms with Crippen LogP contribution in [0.5, 0.6) is 0 Å². The molecule has 108 valence electrons. The number of fused-ring (bicyclic) bond motifs is 3. The Balaban J connectivity index is 2.03. The molecule has 0 radical (unpaired) electrons. The lowest BCUT2D eigenvalue weighted by Gasteiger charge is -2.05. The summed E-state index contributed by atoms with van der Waals surface area (Å²) in [4.78, 5) is 4.22. The third-order valence-corrected chi connectivity index (χ3v) is 4.44. The van der Waals surface area contributed by atoms with Crippen molar-refractivity contribution in [1.82, 2.24) is 9.55 Å². The van der Waals surface area contributed by atoms with E-state index in [0.29, 0.717) is 10.0 Å². The molecule has 0 spiro atoms. The largest absolute Gasteiger partial charge is 0.342 e. The first kappa shape index (κ1) is 13.6. The number of nitrogens with zero attached hydrogens (tertiary/aromatic N) is 2. The Morgan fingerprint density at radius 3 is 2.36 bits per heavy atom. The van der Waals surface area contributed by atoms with E-state index < -0.39 is 0 Å². The van der Waals surface area contributed by atoms with Crippen LogP contribution >= 0.6 is 23.2 Å². The van der Waals surface area contributed by atoms with Gasteiger partial charge in [0, 0.05) is 39.6 Å². The van der Waals surface area contributed by atoms with Crippen LogP contribution in [0.4, 0.5) is 0 Å². The summed E-state index contributed by atoms with van der Waals surface area (Å²) in [7, 11) is 2.06. The van der Waals surface area contributed by atoms with Crippen molar-refractivity contribution in [2.24, 2.45) is 7.05 Å². The number of aryl methyl sites for hydroxylation is 1. The number of hydrogen-bond acceptors (Lipinski definition) is 1. The average Bonchev–Trinajstić information content (AvgIpc) is 2.80. The molecule has 2 aromatic carbocycles. The van der Waals surface area contributed by atoms with Crippen LogP contribution in [0.15, 0.2) is 54.9 Å². The monoisotopic (exact) mass is 326 g/mol. The van der Waals surface area contributed by atoms with E-state index in [1.54, 1.807) is 6.07 Å². The Kier molecular flexibility index (Phi) is 3.10. The first-order valence-electron chi connectivity index (χ1n) is 6.92. The van der Waals surface area contributed by atoms with Crippen LogP contribution in [0, 0.1) is 0 Å². The first-order chi connectivity index (χ1) is 10.6. The lowest BCUT2D eigenvalue weighted by molar-refractivity contribution is 1.01. The zero-order valence-electron chi connectivity index (χ0n) is 11.8. The van der Waals surface area contributed by atoms with E-state index in [1.165, 1.54) is 16.3 Å². The second-order valence-corrected chi connectivity index (χ2v) is 6.21. The Morgan fingerprint density at radius 1 is 0.818 bits per heavy atom. The molecule has 4 heteroatoms. The second-order valence-electron chi connectivity index (χ2n) is 5.34. The van der Waals surface area contributed by atoms with E-state index in [9.17, 15) is 0 Å². The van der Waals surface area contributed by atoms with E-state index >= 15 is 0 Å². The molecule has 2 aromatic heterocycles. The van der Waals surface area contributed by atoms with Crippen molar-refractivity contribution in [2.75, 3.05) is 0 Å². The van der Waals surface area contributed by atoms with Crippen LogP contribution < -0.4 is 0 Å². The van der Waals surface area contributed by atoms with Gasteiger partial charge >= 0.3 is 0 Å².